The number of rotatable bonds is 2. The summed E-state index contributed by atoms with van der Waals surface area (Å²) in [6.45, 7) is 6.86. The Morgan fingerprint density at radius 3 is 2.31 bits per heavy atom. The Morgan fingerprint density at radius 1 is 1.06 bits per heavy atom. The lowest BCUT2D eigenvalue weighted by atomic mass is 9.79. The summed E-state index contributed by atoms with van der Waals surface area (Å²) in [6.07, 6.45) is 7.65. The van der Waals surface area contributed by atoms with Gasteiger partial charge in [-0.3, -0.25) is 4.90 Å². The van der Waals surface area contributed by atoms with Gasteiger partial charge in [0.05, 0.1) is 6.10 Å². The highest BCUT2D eigenvalue weighted by Crippen LogP contribution is 2.33. The Labute approximate surface area is 100 Å². The van der Waals surface area contributed by atoms with Crippen LogP contribution < -0.4 is 0 Å². The summed E-state index contributed by atoms with van der Waals surface area (Å²) in [5.74, 6) is 1.80. The zero-order valence-electron chi connectivity index (χ0n) is 10.9. The van der Waals surface area contributed by atoms with Crippen LogP contribution in [0.4, 0.5) is 0 Å². The van der Waals surface area contributed by atoms with Gasteiger partial charge in [0, 0.05) is 12.6 Å². The minimum absolute atomic E-state index is 0.0587. The third kappa shape index (κ3) is 2.98. The second-order valence-corrected chi connectivity index (χ2v) is 6.10. The van der Waals surface area contributed by atoms with Gasteiger partial charge in [-0.25, -0.2) is 0 Å². The molecule has 0 aromatic carbocycles. The summed E-state index contributed by atoms with van der Waals surface area (Å²) >= 11 is 0. The predicted octanol–water partition coefficient (Wildman–Crippen LogP) is 2.66. The average molecular weight is 225 g/mol. The molecule has 0 aromatic heterocycles. The lowest BCUT2D eigenvalue weighted by Crippen LogP contribution is -2.46. The monoisotopic (exact) mass is 225 g/mol. The molecule has 0 spiro atoms. The zero-order valence-corrected chi connectivity index (χ0v) is 10.9. The van der Waals surface area contributed by atoms with Crippen molar-refractivity contribution in [3.05, 3.63) is 0 Å². The van der Waals surface area contributed by atoms with Gasteiger partial charge in [-0.05, 0) is 56.9 Å². The molecule has 1 N–H and O–H groups in total. The van der Waals surface area contributed by atoms with Crippen molar-refractivity contribution < 1.29 is 5.11 Å². The van der Waals surface area contributed by atoms with Crippen LogP contribution in [-0.2, 0) is 0 Å². The molecule has 0 bridgehead atoms. The second-order valence-electron chi connectivity index (χ2n) is 6.10. The molecule has 1 heterocycles. The zero-order chi connectivity index (χ0) is 11.5. The van der Waals surface area contributed by atoms with Gasteiger partial charge in [-0.1, -0.05) is 13.8 Å². The Bertz CT molecular complexity index is 209. The summed E-state index contributed by atoms with van der Waals surface area (Å²) in [4.78, 5) is 2.55. The topological polar surface area (TPSA) is 23.5 Å². The summed E-state index contributed by atoms with van der Waals surface area (Å²) < 4.78 is 0. The first-order chi connectivity index (χ1) is 7.66. The molecule has 1 atom stereocenters. The van der Waals surface area contributed by atoms with E-state index in [1.54, 1.807) is 0 Å². The van der Waals surface area contributed by atoms with Gasteiger partial charge < -0.3 is 5.11 Å². The molecule has 0 amide bonds. The van der Waals surface area contributed by atoms with Crippen molar-refractivity contribution in [3.63, 3.8) is 0 Å². The summed E-state index contributed by atoms with van der Waals surface area (Å²) in [5, 5.41) is 9.71. The van der Waals surface area contributed by atoms with E-state index < -0.39 is 0 Å². The maximum atomic E-state index is 9.71. The molecule has 1 aliphatic heterocycles. The molecule has 94 valence electrons. The molecule has 0 radical (unpaired) electrons. The lowest BCUT2D eigenvalue weighted by molar-refractivity contribution is 0.0286. The van der Waals surface area contributed by atoms with E-state index in [2.05, 4.69) is 18.7 Å². The molecule has 2 aliphatic rings. The van der Waals surface area contributed by atoms with Gasteiger partial charge in [0.1, 0.15) is 0 Å². The molecule has 0 aromatic rings. The van der Waals surface area contributed by atoms with Gasteiger partial charge in [0.25, 0.3) is 0 Å². The van der Waals surface area contributed by atoms with Crippen molar-refractivity contribution in [2.75, 3.05) is 13.1 Å². The van der Waals surface area contributed by atoms with Crippen LogP contribution >= 0.6 is 0 Å². The van der Waals surface area contributed by atoms with E-state index in [1.807, 2.05) is 0 Å². The van der Waals surface area contributed by atoms with Gasteiger partial charge in [-0.2, -0.15) is 0 Å². The lowest BCUT2D eigenvalue weighted by Gasteiger charge is -2.41. The summed E-state index contributed by atoms with van der Waals surface area (Å²) in [5.41, 5.74) is 0. The van der Waals surface area contributed by atoms with E-state index in [4.69, 9.17) is 0 Å². The summed E-state index contributed by atoms with van der Waals surface area (Å²) in [6, 6.07) is 0.768. The minimum Gasteiger partial charge on any atom is -0.392 e. The van der Waals surface area contributed by atoms with E-state index in [9.17, 15) is 5.11 Å². The first kappa shape index (κ1) is 12.4. The predicted molar refractivity (Wildman–Crippen MR) is 67.4 cm³/mol. The molecule has 2 rings (SSSR count). The van der Waals surface area contributed by atoms with Crippen LogP contribution in [0.2, 0.25) is 0 Å². The number of hydrogen-bond acceptors (Lipinski definition) is 2. The molecule has 16 heavy (non-hydrogen) atoms. The van der Waals surface area contributed by atoms with Gasteiger partial charge in [-0.15, -0.1) is 0 Å². The molecule has 1 saturated carbocycles. The van der Waals surface area contributed by atoms with E-state index in [-0.39, 0.29) is 6.10 Å². The van der Waals surface area contributed by atoms with E-state index in [0.29, 0.717) is 0 Å². The second kappa shape index (κ2) is 5.50. The van der Waals surface area contributed by atoms with Crippen molar-refractivity contribution in [1.82, 2.24) is 4.90 Å². The van der Waals surface area contributed by atoms with Crippen LogP contribution in [0.3, 0.4) is 0 Å². The first-order valence-electron chi connectivity index (χ1n) is 7.09. The van der Waals surface area contributed by atoms with Gasteiger partial charge >= 0.3 is 0 Å². The molecular weight excluding hydrogens is 198 g/mol. The number of β-amino-alcohol motifs (C(OH)–C–C–N with tert-alkyl or cyclic N) is 1. The van der Waals surface area contributed by atoms with Gasteiger partial charge in [0.2, 0.25) is 0 Å². The Balaban J connectivity index is 1.79. The van der Waals surface area contributed by atoms with Gasteiger partial charge in [0.15, 0.2) is 0 Å². The van der Waals surface area contributed by atoms with Crippen molar-refractivity contribution in [1.29, 1.82) is 0 Å². The van der Waals surface area contributed by atoms with Crippen molar-refractivity contribution in [3.8, 4) is 0 Å². The largest absolute Gasteiger partial charge is 0.392 e. The Hall–Kier alpha value is -0.0800. The smallest absolute Gasteiger partial charge is 0.0667 e. The van der Waals surface area contributed by atoms with E-state index >= 15 is 0 Å². The van der Waals surface area contributed by atoms with E-state index in [0.717, 1.165) is 30.8 Å². The summed E-state index contributed by atoms with van der Waals surface area (Å²) in [7, 11) is 0. The SMILES string of the molecule is CC(C)C1CCC(N2CCCC(O)C2)CC1. The first-order valence-corrected chi connectivity index (χ1v) is 7.09. The molecule has 1 unspecified atom stereocenters. The molecule has 2 fully saturated rings. The number of likely N-dealkylation sites (tertiary alicyclic amines) is 1. The molecular formula is C14H27NO. The third-order valence-electron chi connectivity index (χ3n) is 4.63. The van der Waals surface area contributed by atoms with Crippen LogP contribution in [0.15, 0.2) is 0 Å². The number of nitrogens with zero attached hydrogens (tertiary/aromatic N) is 1. The number of aliphatic hydroxyl groups excluding tert-OH is 1. The third-order valence-corrected chi connectivity index (χ3v) is 4.63. The van der Waals surface area contributed by atoms with Crippen LogP contribution in [0.1, 0.15) is 52.4 Å². The normalized spacial score (nSPS) is 37.9. The van der Waals surface area contributed by atoms with Crippen LogP contribution in [-0.4, -0.2) is 35.2 Å². The molecule has 1 saturated heterocycles. The van der Waals surface area contributed by atoms with Crippen molar-refractivity contribution >= 4 is 0 Å². The maximum absolute atomic E-state index is 9.71. The number of aliphatic hydroxyl groups is 1. The Kier molecular flexibility index (Phi) is 4.26. The van der Waals surface area contributed by atoms with Crippen LogP contribution in [0.5, 0.6) is 0 Å². The fourth-order valence-electron chi connectivity index (χ4n) is 3.45. The number of hydrogen-bond donors (Lipinski definition) is 1. The van der Waals surface area contributed by atoms with Crippen LogP contribution in [0, 0.1) is 11.8 Å². The van der Waals surface area contributed by atoms with E-state index in [1.165, 1.54) is 38.6 Å². The fourth-order valence-corrected chi connectivity index (χ4v) is 3.45. The molecule has 1 aliphatic carbocycles. The average Bonchev–Trinajstić information content (AvgIpc) is 2.29. The fraction of sp³-hybridized carbons (Fsp3) is 1.00. The van der Waals surface area contributed by atoms with Crippen molar-refractivity contribution in [2.45, 2.75) is 64.5 Å². The Morgan fingerprint density at radius 2 is 1.75 bits per heavy atom. The van der Waals surface area contributed by atoms with Crippen LogP contribution in [0.25, 0.3) is 0 Å². The highest BCUT2D eigenvalue weighted by atomic mass is 16.3. The molecule has 2 nitrogen and oxygen atoms in total. The minimum atomic E-state index is -0.0587. The quantitative estimate of drug-likeness (QED) is 0.781. The van der Waals surface area contributed by atoms with Crippen molar-refractivity contribution in [2.24, 2.45) is 11.8 Å². The maximum Gasteiger partial charge on any atom is 0.0667 e. The highest BCUT2D eigenvalue weighted by molar-refractivity contribution is 4.84. The standard InChI is InChI=1S/C14H27NO/c1-11(2)12-5-7-13(8-6-12)15-9-3-4-14(16)10-15/h11-14,16H,3-10H2,1-2H3. The highest BCUT2D eigenvalue weighted by Gasteiger charge is 2.29. The molecule has 2 heteroatoms. The number of piperidine rings is 1.